The molecule has 0 N–H and O–H groups in total. The highest BCUT2D eigenvalue weighted by Crippen LogP contribution is 2.27. The van der Waals surface area contributed by atoms with Gasteiger partial charge in [0.2, 0.25) is 0 Å². The van der Waals surface area contributed by atoms with Crippen LogP contribution in [0.4, 0.5) is 8.78 Å². The standard InChI is InChI=1S/C14H15F2NO2/c1-10(15)14(18)17-7-9-19-8-6-13(17)11-2-4-12(16)5-3-11/h2-5,13H,1,6-9H2. The number of amides is 1. The molecule has 0 aliphatic carbocycles. The summed E-state index contributed by atoms with van der Waals surface area (Å²) in [4.78, 5) is 13.2. The van der Waals surface area contributed by atoms with Gasteiger partial charge in [-0.15, -0.1) is 0 Å². The van der Waals surface area contributed by atoms with E-state index in [1.165, 1.54) is 17.0 Å². The maximum absolute atomic E-state index is 13.1. The molecule has 1 aromatic rings. The molecule has 2 rings (SSSR count). The van der Waals surface area contributed by atoms with Crippen LogP contribution < -0.4 is 0 Å². The minimum Gasteiger partial charge on any atom is -0.380 e. The summed E-state index contributed by atoms with van der Waals surface area (Å²) in [6.45, 7) is 4.17. The Morgan fingerprint density at radius 1 is 1.32 bits per heavy atom. The van der Waals surface area contributed by atoms with Crippen molar-refractivity contribution in [1.82, 2.24) is 4.90 Å². The average molecular weight is 267 g/mol. The van der Waals surface area contributed by atoms with Gasteiger partial charge in [-0.1, -0.05) is 18.7 Å². The minimum absolute atomic E-state index is 0.295. The first-order valence-corrected chi connectivity index (χ1v) is 6.08. The highest BCUT2D eigenvalue weighted by atomic mass is 19.1. The SMILES string of the molecule is C=C(F)C(=O)N1CCOCCC1c1ccc(F)cc1. The molecule has 1 amide bonds. The van der Waals surface area contributed by atoms with Crippen LogP contribution in [0.1, 0.15) is 18.0 Å². The second kappa shape index (κ2) is 5.93. The molecule has 1 aromatic carbocycles. The van der Waals surface area contributed by atoms with Gasteiger partial charge in [-0.3, -0.25) is 4.79 Å². The third kappa shape index (κ3) is 3.17. The second-order valence-electron chi connectivity index (χ2n) is 4.37. The van der Waals surface area contributed by atoms with Crippen molar-refractivity contribution in [3.8, 4) is 0 Å². The van der Waals surface area contributed by atoms with Gasteiger partial charge in [0.25, 0.3) is 5.91 Å². The topological polar surface area (TPSA) is 29.5 Å². The van der Waals surface area contributed by atoms with Crippen molar-refractivity contribution < 1.29 is 18.3 Å². The Bertz CT molecular complexity index is 473. The second-order valence-corrected chi connectivity index (χ2v) is 4.37. The Balaban J connectivity index is 2.29. The van der Waals surface area contributed by atoms with Gasteiger partial charge in [-0.05, 0) is 24.1 Å². The van der Waals surface area contributed by atoms with Crippen molar-refractivity contribution in [2.45, 2.75) is 12.5 Å². The van der Waals surface area contributed by atoms with Gasteiger partial charge in [0, 0.05) is 13.2 Å². The largest absolute Gasteiger partial charge is 0.380 e. The number of carbonyl (C=O) groups is 1. The van der Waals surface area contributed by atoms with Gasteiger partial charge in [0.15, 0.2) is 5.83 Å². The lowest BCUT2D eigenvalue weighted by Gasteiger charge is -2.29. The first-order chi connectivity index (χ1) is 9.09. The Hall–Kier alpha value is -1.75. The summed E-state index contributed by atoms with van der Waals surface area (Å²) < 4.78 is 31.3. The van der Waals surface area contributed by atoms with E-state index in [9.17, 15) is 13.6 Å². The summed E-state index contributed by atoms with van der Waals surface area (Å²) in [5, 5.41) is 0. The molecule has 0 aromatic heterocycles. The molecule has 1 fully saturated rings. The zero-order valence-corrected chi connectivity index (χ0v) is 10.4. The molecule has 5 heteroatoms. The first kappa shape index (κ1) is 13.7. The lowest BCUT2D eigenvalue weighted by atomic mass is 10.0. The number of halogens is 2. The predicted octanol–water partition coefficient (Wildman–Crippen LogP) is 2.60. The Kier molecular flexibility index (Phi) is 4.27. The van der Waals surface area contributed by atoms with Crippen LogP contribution >= 0.6 is 0 Å². The van der Waals surface area contributed by atoms with E-state index in [1.807, 2.05) is 0 Å². The van der Waals surface area contributed by atoms with Gasteiger partial charge in [0.05, 0.1) is 12.6 Å². The summed E-state index contributed by atoms with van der Waals surface area (Å²) in [6, 6.07) is 5.55. The summed E-state index contributed by atoms with van der Waals surface area (Å²) in [5.74, 6) is -2.07. The van der Waals surface area contributed by atoms with Crippen LogP contribution in [0.15, 0.2) is 36.7 Å². The fraction of sp³-hybridized carbons (Fsp3) is 0.357. The van der Waals surface area contributed by atoms with E-state index >= 15 is 0 Å². The number of rotatable bonds is 2. The van der Waals surface area contributed by atoms with E-state index in [0.29, 0.717) is 26.2 Å². The van der Waals surface area contributed by atoms with Gasteiger partial charge in [-0.2, -0.15) is 0 Å². The number of benzene rings is 1. The molecule has 1 unspecified atom stereocenters. The molecule has 3 nitrogen and oxygen atoms in total. The third-order valence-electron chi connectivity index (χ3n) is 3.14. The predicted molar refractivity (Wildman–Crippen MR) is 66.5 cm³/mol. The third-order valence-corrected chi connectivity index (χ3v) is 3.14. The highest BCUT2D eigenvalue weighted by Gasteiger charge is 2.28. The molecule has 0 saturated carbocycles. The zero-order chi connectivity index (χ0) is 13.8. The van der Waals surface area contributed by atoms with E-state index in [0.717, 1.165) is 5.56 Å². The van der Waals surface area contributed by atoms with Gasteiger partial charge >= 0.3 is 0 Å². The summed E-state index contributed by atoms with van der Waals surface area (Å²) >= 11 is 0. The van der Waals surface area contributed by atoms with Crippen LogP contribution in [0.3, 0.4) is 0 Å². The summed E-state index contributed by atoms with van der Waals surface area (Å²) in [7, 11) is 0. The maximum Gasteiger partial charge on any atom is 0.282 e. The van der Waals surface area contributed by atoms with E-state index in [-0.39, 0.29) is 11.9 Å². The molecule has 0 spiro atoms. The maximum atomic E-state index is 13.1. The van der Waals surface area contributed by atoms with E-state index < -0.39 is 11.7 Å². The Labute approximate surface area is 110 Å². The van der Waals surface area contributed by atoms with E-state index in [4.69, 9.17) is 4.74 Å². The fourth-order valence-electron chi connectivity index (χ4n) is 2.20. The minimum atomic E-state index is -0.992. The van der Waals surface area contributed by atoms with Crippen molar-refractivity contribution >= 4 is 5.91 Å². The average Bonchev–Trinajstić information content (AvgIpc) is 2.64. The highest BCUT2D eigenvalue weighted by molar-refractivity contribution is 5.90. The monoisotopic (exact) mass is 267 g/mol. The number of carbonyl (C=O) groups excluding carboxylic acids is 1. The van der Waals surface area contributed by atoms with Crippen molar-refractivity contribution in [2.24, 2.45) is 0 Å². The summed E-state index contributed by atoms with van der Waals surface area (Å²) in [5.41, 5.74) is 0.765. The number of ether oxygens (including phenoxy) is 1. The Morgan fingerprint density at radius 2 is 2.00 bits per heavy atom. The van der Waals surface area contributed by atoms with E-state index in [2.05, 4.69) is 6.58 Å². The number of hydrogen-bond donors (Lipinski definition) is 0. The molecule has 1 saturated heterocycles. The van der Waals surface area contributed by atoms with Crippen LogP contribution in [0.2, 0.25) is 0 Å². The first-order valence-electron chi connectivity index (χ1n) is 6.08. The fourth-order valence-corrected chi connectivity index (χ4v) is 2.20. The molecule has 1 aliphatic heterocycles. The molecule has 1 heterocycles. The van der Waals surface area contributed by atoms with Gasteiger partial charge < -0.3 is 9.64 Å². The number of hydrogen-bond acceptors (Lipinski definition) is 2. The lowest BCUT2D eigenvalue weighted by molar-refractivity contribution is -0.131. The van der Waals surface area contributed by atoms with Crippen molar-refractivity contribution in [3.05, 3.63) is 48.1 Å². The molecule has 0 bridgehead atoms. The zero-order valence-electron chi connectivity index (χ0n) is 10.4. The quantitative estimate of drug-likeness (QED) is 0.771. The van der Waals surface area contributed by atoms with Crippen molar-refractivity contribution in [3.63, 3.8) is 0 Å². The van der Waals surface area contributed by atoms with E-state index in [1.54, 1.807) is 12.1 Å². The van der Waals surface area contributed by atoms with Crippen LogP contribution in [0, 0.1) is 5.82 Å². The molecule has 102 valence electrons. The van der Waals surface area contributed by atoms with Crippen molar-refractivity contribution in [2.75, 3.05) is 19.8 Å². The van der Waals surface area contributed by atoms with Crippen LogP contribution in [-0.2, 0) is 9.53 Å². The van der Waals surface area contributed by atoms with Crippen LogP contribution in [0.25, 0.3) is 0 Å². The van der Waals surface area contributed by atoms with Gasteiger partial charge in [0.1, 0.15) is 5.82 Å². The molecule has 1 atom stereocenters. The smallest absolute Gasteiger partial charge is 0.282 e. The Morgan fingerprint density at radius 3 is 2.63 bits per heavy atom. The molecular formula is C14H15F2NO2. The molecule has 1 aliphatic rings. The van der Waals surface area contributed by atoms with Crippen molar-refractivity contribution in [1.29, 1.82) is 0 Å². The molecule has 0 radical (unpaired) electrons. The lowest BCUT2D eigenvalue weighted by Crippen LogP contribution is -2.36. The number of nitrogens with zero attached hydrogens (tertiary/aromatic N) is 1. The molecular weight excluding hydrogens is 252 g/mol. The van der Waals surface area contributed by atoms with Crippen LogP contribution in [0.5, 0.6) is 0 Å². The van der Waals surface area contributed by atoms with Gasteiger partial charge in [-0.25, -0.2) is 8.78 Å². The molecule has 19 heavy (non-hydrogen) atoms. The summed E-state index contributed by atoms with van der Waals surface area (Å²) in [6.07, 6.45) is 0.546. The normalized spacial score (nSPS) is 19.9. The van der Waals surface area contributed by atoms with Crippen LogP contribution in [-0.4, -0.2) is 30.6 Å².